The molecule has 0 bridgehead atoms. The summed E-state index contributed by atoms with van der Waals surface area (Å²) in [4.78, 5) is 6.92. The lowest BCUT2D eigenvalue weighted by molar-refractivity contribution is 0.499. The van der Waals surface area contributed by atoms with Crippen LogP contribution in [0, 0.1) is 5.92 Å². The Morgan fingerprint density at radius 3 is 3.06 bits per heavy atom. The number of rotatable bonds is 1. The minimum atomic E-state index is 0.745. The zero-order chi connectivity index (χ0) is 11.7. The van der Waals surface area contributed by atoms with Crippen LogP contribution >= 0.6 is 0 Å². The first kappa shape index (κ1) is 10.6. The third kappa shape index (κ3) is 1.90. The van der Waals surface area contributed by atoms with Crippen LogP contribution in [0.25, 0.3) is 0 Å². The van der Waals surface area contributed by atoms with Gasteiger partial charge in [-0.25, -0.2) is 0 Å². The number of fused-ring (bicyclic) bond motifs is 1. The second-order valence-corrected chi connectivity index (χ2v) is 4.85. The summed E-state index contributed by atoms with van der Waals surface area (Å²) >= 11 is 0. The Bertz CT molecular complexity index is 439. The van der Waals surface area contributed by atoms with Gasteiger partial charge in [-0.3, -0.25) is 4.99 Å². The van der Waals surface area contributed by atoms with E-state index in [1.54, 1.807) is 0 Å². The van der Waals surface area contributed by atoms with Gasteiger partial charge in [0.2, 0.25) is 0 Å². The standard InChI is InChI=1S/C14H19N3/c1-2-11-9-12-5-3-4-6-13(12)17(10-11)14-15-7-8-16-14/h3-6,11H,2,7-10H2,1H3,(H,15,16). The lowest BCUT2D eigenvalue weighted by atomic mass is 9.91. The van der Waals surface area contributed by atoms with E-state index in [4.69, 9.17) is 0 Å². The van der Waals surface area contributed by atoms with Crippen molar-refractivity contribution in [2.75, 3.05) is 24.5 Å². The number of hydrogen-bond donors (Lipinski definition) is 1. The number of hydrogen-bond acceptors (Lipinski definition) is 3. The van der Waals surface area contributed by atoms with Crippen molar-refractivity contribution in [3.05, 3.63) is 29.8 Å². The molecule has 1 unspecified atom stereocenters. The third-order valence-electron chi connectivity index (χ3n) is 3.72. The summed E-state index contributed by atoms with van der Waals surface area (Å²) in [5.74, 6) is 1.81. The largest absolute Gasteiger partial charge is 0.354 e. The fraction of sp³-hybridized carbons (Fsp3) is 0.500. The maximum absolute atomic E-state index is 4.56. The molecular weight excluding hydrogens is 210 g/mol. The molecule has 0 radical (unpaired) electrons. The lowest BCUT2D eigenvalue weighted by Crippen LogP contribution is -2.44. The molecule has 0 saturated carbocycles. The number of aliphatic imine (C=N–C) groups is 1. The van der Waals surface area contributed by atoms with Crippen molar-refractivity contribution in [3.63, 3.8) is 0 Å². The van der Waals surface area contributed by atoms with Gasteiger partial charge < -0.3 is 10.2 Å². The number of guanidine groups is 1. The first-order chi connectivity index (χ1) is 8.38. The minimum Gasteiger partial charge on any atom is -0.354 e. The highest BCUT2D eigenvalue weighted by Crippen LogP contribution is 2.31. The molecule has 1 N–H and O–H groups in total. The molecule has 0 aromatic heterocycles. The zero-order valence-corrected chi connectivity index (χ0v) is 10.3. The van der Waals surface area contributed by atoms with Gasteiger partial charge in [-0.15, -0.1) is 0 Å². The Morgan fingerprint density at radius 1 is 1.41 bits per heavy atom. The maximum Gasteiger partial charge on any atom is 0.198 e. The summed E-state index contributed by atoms with van der Waals surface area (Å²) < 4.78 is 0. The minimum absolute atomic E-state index is 0.745. The summed E-state index contributed by atoms with van der Waals surface area (Å²) in [6.07, 6.45) is 2.44. The molecule has 2 heterocycles. The van der Waals surface area contributed by atoms with Crippen LogP contribution in [0.15, 0.2) is 29.3 Å². The molecule has 3 heteroatoms. The maximum atomic E-state index is 4.56. The summed E-state index contributed by atoms with van der Waals surface area (Å²) in [5, 5.41) is 3.39. The predicted octanol–water partition coefficient (Wildman–Crippen LogP) is 2.03. The molecule has 1 aromatic rings. The number of benzene rings is 1. The number of nitrogens with one attached hydrogen (secondary N) is 1. The van der Waals surface area contributed by atoms with Gasteiger partial charge in [0, 0.05) is 18.8 Å². The number of para-hydroxylation sites is 1. The van der Waals surface area contributed by atoms with Crippen molar-refractivity contribution in [1.82, 2.24) is 5.32 Å². The zero-order valence-electron chi connectivity index (χ0n) is 10.3. The lowest BCUT2D eigenvalue weighted by Gasteiger charge is -2.35. The molecule has 3 nitrogen and oxygen atoms in total. The van der Waals surface area contributed by atoms with E-state index < -0.39 is 0 Å². The van der Waals surface area contributed by atoms with Crippen LogP contribution in [0.5, 0.6) is 0 Å². The van der Waals surface area contributed by atoms with E-state index in [2.05, 4.69) is 46.4 Å². The van der Waals surface area contributed by atoms with Crippen molar-refractivity contribution < 1.29 is 0 Å². The number of anilines is 1. The molecule has 0 spiro atoms. The molecule has 1 aromatic carbocycles. The molecule has 2 aliphatic heterocycles. The highest BCUT2D eigenvalue weighted by atomic mass is 15.3. The van der Waals surface area contributed by atoms with Crippen molar-refractivity contribution >= 4 is 11.6 Å². The molecule has 0 saturated heterocycles. The van der Waals surface area contributed by atoms with Crippen LogP contribution in [0.3, 0.4) is 0 Å². The Hall–Kier alpha value is -1.51. The van der Waals surface area contributed by atoms with E-state index in [0.717, 1.165) is 31.5 Å². The van der Waals surface area contributed by atoms with Gasteiger partial charge in [0.05, 0.1) is 6.54 Å². The van der Waals surface area contributed by atoms with Gasteiger partial charge in [0.1, 0.15) is 0 Å². The molecular formula is C14H19N3. The summed E-state index contributed by atoms with van der Waals surface area (Å²) in [6.45, 7) is 5.26. The number of nitrogens with zero attached hydrogens (tertiary/aromatic N) is 2. The fourth-order valence-electron chi connectivity index (χ4n) is 2.72. The Morgan fingerprint density at radius 2 is 2.29 bits per heavy atom. The van der Waals surface area contributed by atoms with E-state index in [1.165, 1.54) is 24.1 Å². The van der Waals surface area contributed by atoms with Crippen LogP contribution < -0.4 is 10.2 Å². The Balaban J connectivity index is 1.97. The molecule has 2 aliphatic rings. The van der Waals surface area contributed by atoms with E-state index in [-0.39, 0.29) is 0 Å². The van der Waals surface area contributed by atoms with Crippen molar-refractivity contribution in [2.24, 2.45) is 10.9 Å². The Labute approximate surface area is 103 Å². The third-order valence-corrected chi connectivity index (χ3v) is 3.72. The normalized spacial score (nSPS) is 23.0. The molecule has 1 atom stereocenters. The monoisotopic (exact) mass is 229 g/mol. The molecule has 90 valence electrons. The van der Waals surface area contributed by atoms with E-state index in [0.29, 0.717) is 0 Å². The van der Waals surface area contributed by atoms with E-state index in [1.807, 2.05) is 0 Å². The van der Waals surface area contributed by atoms with Gasteiger partial charge in [0.25, 0.3) is 0 Å². The summed E-state index contributed by atoms with van der Waals surface area (Å²) in [5.41, 5.74) is 2.80. The predicted molar refractivity (Wildman–Crippen MR) is 71.6 cm³/mol. The van der Waals surface area contributed by atoms with E-state index >= 15 is 0 Å². The van der Waals surface area contributed by atoms with Crippen molar-refractivity contribution in [3.8, 4) is 0 Å². The average molecular weight is 229 g/mol. The molecule has 0 fully saturated rings. The molecule has 0 amide bonds. The second kappa shape index (κ2) is 4.40. The van der Waals surface area contributed by atoms with Gasteiger partial charge >= 0.3 is 0 Å². The SMILES string of the molecule is CCC1Cc2ccccc2N(C2=NCCN2)C1. The van der Waals surface area contributed by atoms with Gasteiger partial charge in [-0.1, -0.05) is 31.5 Å². The quantitative estimate of drug-likeness (QED) is 0.798. The first-order valence-corrected chi connectivity index (χ1v) is 6.52. The second-order valence-electron chi connectivity index (χ2n) is 4.85. The molecule has 3 rings (SSSR count). The van der Waals surface area contributed by atoms with Crippen LogP contribution in [-0.2, 0) is 6.42 Å². The summed E-state index contributed by atoms with van der Waals surface area (Å²) in [6, 6.07) is 8.72. The van der Waals surface area contributed by atoms with Crippen LogP contribution in [0.4, 0.5) is 5.69 Å². The van der Waals surface area contributed by atoms with E-state index in [9.17, 15) is 0 Å². The highest BCUT2D eigenvalue weighted by Gasteiger charge is 2.27. The van der Waals surface area contributed by atoms with Gasteiger partial charge in [0.15, 0.2) is 5.96 Å². The Kier molecular flexibility index (Phi) is 2.75. The highest BCUT2D eigenvalue weighted by molar-refractivity contribution is 5.98. The van der Waals surface area contributed by atoms with Crippen LogP contribution in [0.2, 0.25) is 0 Å². The van der Waals surface area contributed by atoms with Crippen molar-refractivity contribution in [1.29, 1.82) is 0 Å². The smallest absolute Gasteiger partial charge is 0.198 e. The van der Waals surface area contributed by atoms with Crippen LogP contribution in [-0.4, -0.2) is 25.6 Å². The first-order valence-electron chi connectivity index (χ1n) is 6.52. The summed E-state index contributed by atoms with van der Waals surface area (Å²) in [7, 11) is 0. The molecule has 0 aliphatic carbocycles. The topological polar surface area (TPSA) is 27.6 Å². The van der Waals surface area contributed by atoms with Gasteiger partial charge in [-0.05, 0) is 24.0 Å². The van der Waals surface area contributed by atoms with Crippen LogP contribution in [0.1, 0.15) is 18.9 Å². The fourth-order valence-corrected chi connectivity index (χ4v) is 2.72. The average Bonchev–Trinajstić information content (AvgIpc) is 2.91. The van der Waals surface area contributed by atoms with Crippen molar-refractivity contribution in [2.45, 2.75) is 19.8 Å². The van der Waals surface area contributed by atoms with Gasteiger partial charge in [-0.2, -0.15) is 0 Å². The molecule has 17 heavy (non-hydrogen) atoms.